The van der Waals surface area contributed by atoms with E-state index in [4.69, 9.17) is 14.7 Å². The number of aliphatic imine (C=N–C) groups is 1. The number of anilines is 1. The van der Waals surface area contributed by atoms with Crippen LogP contribution in [0.5, 0.6) is 0 Å². The van der Waals surface area contributed by atoms with Gasteiger partial charge in [-0.3, -0.25) is 9.78 Å². The molecule has 0 saturated carbocycles. The van der Waals surface area contributed by atoms with Gasteiger partial charge in [-0.1, -0.05) is 143 Å². The van der Waals surface area contributed by atoms with Crippen molar-refractivity contribution in [3.05, 3.63) is 35.2 Å². The van der Waals surface area contributed by atoms with Crippen LogP contribution in [0.1, 0.15) is 194 Å². The predicted molar refractivity (Wildman–Crippen MR) is 219 cm³/mol. The summed E-state index contributed by atoms with van der Waals surface area (Å²) in [4.78, 5) is 30.1. The zero-order chi connectivity index (χ0) is 37.4. The van der Waals surface area contributed by atoms with Gasteiger partial charge in [-0.2, -0.15) is 0 Å². The molecule has 1 aliphatic heterocycles. The molecular formula is C44H74N5O3+. The van der Waals surface area contributed by atoms with Crippen molar-refractivity contribution in [1.29, 1.82) is 0 Å². The van der Waals surface area contributed by atoms with E-state index in [1.54, 1.807) is 12.4 Å². The van der Waals surface area contributed by atoms with E-state index in [1.807, 2.05) is 6.92 Å². The number of aliphatic hydroxyl groups is 1. The Hall–Kier alpha value is -3.03. The van der Waals surface area contributed by atoms with E-state index in [0.717, 1.165) is 57.7 Å². The number of nitrogens with zero attached hydrogens (tertiary/aromatic N) is 5. The largest absolute Gasteiger partial charge is 0.506 e. The van der Waals surface area contributed by atoms with E-state index in [9.17, 15) is 9.90 Å². The van der Waals surface area contributed by atoms with E-state index in [0.29, 0.717) is 23.2 Å². The van der Waals surface area contributed by atoms with Gasteiger partial charge in [0.25, 0.3) is 0 Å². The van der Waals surface area contributed by atoms with Crippen LogP contribution in [0, 0.1) is 0 Å². The van der Waals surface area contributed by atoms with E-state index in [-0.39, 0.29) is 22.7 Å². The number of unbranched alkanes of at least 4 members (excludes halogenated alkanes) is 20. The Kier molecular flexibility index (Phi) is 21.6. The van der Waals surface area contributed by atoms with Gasteiger partial charge in [0.2, 0.25) is 5.78 Å². The number of aliphatic hydroxyl groups excluding tert-OH is 1. The van der Waals surface area contributed by atoms with Crippen LogP contribution in [0.15, 0.2) is 34.5 Å². The number of carbonyl (C=O) groups is 1. The molecule has 1 aliphatic carbocycles. The highest BCUT2D eigenvalue weighted by Gasteiger charge is 2.44. The summed E-state index contributed by atoms with van der Waals surface area (Å²) >= 11 is 0. The fourth-order valence-corrected chi connectivity index (χ4v) is 7.19. The molecule has 2 heterocycles. The molecule has 0 unspecified atom stereocenters. The molecule has 0 atom stereocenters. The third-order valence-corrected chi connectivity index (χ3v) is 10.6. The summed E-state index contributed by atoms with van der Waals surface area (Å²) in [6.07, 6.45) is 33.2. The lowest BCUT2D eigenvalue weighted by Gasteiger charge is -2.25. The van der Waals surface area contributed by atoms with Crippen molar-refractivity contribution in [3.8, 4) is 0 Å². The first kappa shape index (κ1) is 43.4. The molecule has 0 fully saturated rings. The number of hydrogen-bond acceptors (Lipinski definition) is 6. The minimum Gasteiger partial charge on any atom is -0.506 e. The van der Waals surface area contributed by atoms with Crippen LogP contribution < -0.4 is 4.90 Å². The number of Topliss-reactive ketones (excluding diaryl/α,β-unsaturated/α-hetero) is 1. The molecular weight excluding hydrogens is 647 g/mol. The summed E-state index contributed by atoms with van der Waals surface area (Å²) in [7, 11) is 0. The number of ether oxygens (including phenoxy) is 1. The van der Waals surface area contributed by atoms with Gasteiger partial charge in [-0.25, -0.2) is 9.56 Å². The number of rotatable bonds is 30. The molecule has 292 valence electrons. The van der Waals surface area contributed by atoms with Crippen molar-refractivity contribution >= 4 is 28.9 Å². The first-order valence-corrected chi connectivity index (χ1v) is 21.6. The average molecular weight is 721 g/mol. The zero-order valence-corrected chi connectivity index (χ0v) is 34.0. The molecule has 0 aromatic carbocycles. The second kappa shape index (κ2) is 25.9. The quantitative estimate of drug-likeness (QED) is 0.0483. The third-order valence-electron chi connectivity index (χ3n) is 10.6. The van der Waals surface area contributed by atoms with E-state index in [2.05, 4.69) is 42.2 Å². The number of amidine groups is 1. The molecule has 1 aromatic heterocycles. The highest BCUT2D eigenvalue weighted by molar-refractivity contribution is 6.40. The number of hydrogen-bond donors (Lipinski definition) is 1. The molecule has 0 saturated heterocycles. The number of carbonyl (C=O) groups excluding carboxylic acids is 1. The molecule has 3 rings (SSSR count). The number of aromatic nitrogens is 2. The minimum atomic E-state index is -0.264. The maximum Gasteiger partial charge on any atom is 0.499 e. The van der Waals surface area contributed by atoms with Gasteiger partial charge in [0.05, 0.1) is 36.8 Å². The van der Waals surface area contributed by atoms with E-state index >= 15 is 0 Å². The van der Waals surface area contributed by atoms with Crippen LogP contribution in [0.3, 0.4) is 0 Å². The standard InChI is InChI=1S/C44H73N5O3/c1-6-10-14-18-22-26-30-48(31-27-23-19-15-11-7-2)38-35-45-37(34-46-38)39-41(50)40(42(39)51)43-36(5)47-44(52-43)49(32-28-24-20-16-12-8-3)33-29-25-21-17-13-9-4/h34-35H,6-33H2,1-5H3/p+1. The van der Waals surface area contributed by atoms with Crippen molar-refractivity contribution in [1.82, 2.24) is 9.97 Å². The van der Waals surface area contributed by atoms with Gasteiger partial charge < -0.3 is 14.7 Å². The number of allylic oxidation sites excluding steroid dienone is 3. The van der Waals surface area contributed by atoms with Gasteiger partial charge in [0.1, 0.15) is 17.2 Å². The maximum atomic E-state index is 13.6. The Bertz CT molecular complexity index is 1280. The fourth-order valence-electron chi connectivity index (χ4n) is 7.19. The molecule has 52 heavy (non-hydrogen) atoms. The second-order valence-electron chi connectivity index (χ2n) is 15.1. The predicted octanol–water partition coefficient (Wildman–Crippen LogP) is 11.7. The first-order valence-electron chi connectivity index (χ1n) is 21.6. The molecule has 8 nitrogen and oxygen atoms in total. The van der Waals surface area contributed by atoms with Gasteiger partial charge in [0.15, 0.2) is 11.5 Å². The molecule has 8 heteroatoms. The maximum absolute atomic E-state index is 13.6. The van der Waals surface area contributed by atoms with Gasteiger partial charge >= 0.3 is 6.02 Å². The molecule has 0 bridgehead atoms. The normalized spacial score (nSPS) is 15.7. The van der Waals surface area contributed by atoms with Crippen LogP contribution in [-0.2, 0) is 9.53 Å². The Balaban J connectivity index is 1.71. The Labute approximate surface area is 317 Å². The van der Waals surface area contributed by atoms with E-state index in [1.165, 1.54) is 128 Å². The molecule has 2 aliphatic rings. The van der Waals surface area contributed by atoms with Crippen LogP contribution >= 0.6 is 0 Å². The highest BCUT2D eigenvalue weighted by atomic mass is 16.5. The zero-order valence-electron chi connectivity index (χ0n) is 34.0. The molecule has 0 radical (unpaired) electrons. The second-order valence-corrected chi connectivity index (χ2v) is 15.1. The topological polar surface area (TPSA) is 90.9 Å². The van der Waals surface area contributed by atoms with E-state index < -0.39 is 0 Å². The molecule has 1 aromatic rings. The van der Waals surface area contributed by atoms with Gasteiger partial charge in [-0.15, -0.1) is 0 Å². The van der Waals surface area contributed by atoms with Crippen LogP contribution in [0.25, 0.3) is 5.57 Å². The van der Waals surface area contributed by atoms with Gasteiger partial charge in [0, 0.05) is 20.0 Å². The van der Waals surface area contributed by atoms with Crippen molar-refractivity contribution in [2.45, 2.75) is 189 Å². The van der Waals surface area contributed by atoms with Crippen molar-refractivity contribution in [2.75, 3.05) is 31.1 Å². The fraction of sp³-hybridized carbons (Fsp3) is 0.750. The Morgan fingerprint density at radius 1 is 0.615 bits per heavy atom. The van der Waals surface area contributed by atoms with Gasteiger partial charge in [-0.05, 0) is 43.5 Å². The number of ketones is 1. The average Bonchev–Trinajstić information content (AvgIpc) is 3.52. The highest BCUT2D eigenvalue weighted by Crippen LogP contribution is 2.38. The summed E-state index contributed by atoms with van der Waals surface area (Å²) in [5.41, 5.74) is 1.44. The minimum absolute atomic E-state index is 0.0766. The SMILES string of the molecule is CCCCCCCCN(CCCCCCCC)c1cnc(C2=C(O)C(=C3OC(=[N+](CCCCCCCC)CCCCCCCC)N=C3C)C2=O)cn1. The van der Waals surface area contributed by atoms with Crippen LogP contribution in [0.4, 0.5) is 5.82 Å². The Morgan fingerprint density at radius 2 is 1.08 bits per heavy atom. The third kappa shape index (κ3) is 14.4. The first-order chi connectivity index (χ1) is 25.5. The van der Waals surface area contributed by atoms with Crippen LogP contribution in [-0.4, -0.2) is 63.3 Å². The molecule has 0 amide bonds. The van der Waals surface area contributed by atoms with Crippen molar-refractivity contribution < 1.29 is 19.2 Å². The van der Waals surface area contributed by atoms with Crippen molar-refractivity contribution in [2.24, 2.45) is 4.99 Å². The summed E-state index contributed by atoms with van der Waals surface area (Å²) in [5, 5.41) is 11.2. The Morgan fingerprint density at radius 3 is 1.52 bits per heavy atom. The monoisotopic (exact) mass is 721 g/mol. The lowest BCUT2D eigenvalue weighted by atomic mass is 9.84. The summed E-state index contributed by atoms with van der Waals surface area (Å²) in [5.74, 6) is 0.867. The van der Waals surface area contributed by atoms with Crippen molar-refractivity contribution in [3.63, 3.8) is 0 Å². The van der Waals surface area contributed by atoms with Crippen LogP contribution in [0.2, 0.25) is 0 Å². The summed E-state index contributed by atoms with van der Waals surface area (Å²) in [6, 6.07) is 0.552. The molecule has 1 N–H and O–H groups in total. The molecule has 0 spiro atoms. The summed E-state index contributed by atoms with van der Waals surface area (Å²) in [6.45, 7) is 14.6. The summed E-state index contributed by atoms with van der Waals surface area (Å²) < 4.78 is 8.55. The lowest BCUT2D eigenvalue weighted by Crippen LogP contribution is -2.28. The lowest BCUT2D eigenvalue weighted by molar-refractivity contribution is -0.537. The smallest absolute Gasteiger partial charge is 0.499 e.